The van der Waals surface area contributed by atoms with E-state index in [2.05, 4.69) is 15.0 Å². The molecule has 0 radical (unpaired) electrons. The number of aromatic amines is 1. The zero-order chi connectivity index (χ0) is 14.2. The number of para-hydroxylation sites is 1. The summed E-state index contributed by atoms with van der Waals surface area (Å²) < 4.78 is 1.09. The van der Waals surface area contributed by atoms with Crippen molar-refractivity contribution < 1.29 is 5.11 Å². The van der Waals surface area contributed by atoms with Crippen molar-refractivity contribution in [2.45, 2.75) is 0 Å². The fraction of sp³-hybridized carbons (Fsp3) is 0. The third kappa shape index (κ3) is 2.08. The Bertz CT molecular complexity index is 879. The minimum atomic E-state index is -0.0205. The number of hydrogen-bond acceptors (Lipinski definition) is 4. The van der Waals surface area contributed by atoms with E-state index in [-0.39, 0.29) is 5.88 Å². The molecule has 0 unspecified atom stereocenters. The maximum atomic E-state index is 10.1. The van der Waals surface area contributed by atoms with Crippen molar-refractivity contribution in [2.24, 2.45) is 0 Å². The molecular weight excluding hydrogens is 282 g/mol. The molecule has 0 aliphatic heterocycles. The molecule has 2 aromatic heterocycles. The van der Waals surface area contributed by atoms with E-state index >= 15 is 0 Å². The van der Waals surface area contributed by atoms with Gasteiger partial charge in [0.05, 0.1) is 10.2 Å². The van der Waals surface area contributed by atoms with E-state index in [0.29, 0.717) is 11.5 Å². The number of hydrogen-bond donors (Lipinski definition) is 2. The Kier molecular flexibility index (Phi) is 2.72. The largest absolute Gasteiger partial charge is 0.492 e. The van der Waals surface area contributed by atoms with Gasteiger partial charge >= 0.3 is 0 Å². The quantitative estimate of drug-likeness (QED) is 0.586. The van der Waals surface area contributed by atoms with E-state index < -0.39 is 0 Å². The van der Waals surface area contributed by atoms with Crippen molar-refractivity contribution in [2.75, 3.05) is 0 Å². The van der Waals surface area contributed by atoms with Crippen LogP contribution < -0.4 is 0 Å². The fourth-order valence-electron chi connectivity index (χ4n) is 2.23. The molecular formula is C16H11N3OS. The molecule has 4 aromatic rings. The van der Waals surface area contributed by atoms with Gasteiger partial charge in [-0.25, -0.2) is 4.98 Å². The normalized spacial score (nSPS) is 11.0. The predicted molar refractivity (Wildman–Crippen MR) is 84.3 cm³/mol. The Morgan fingerprint density at radius 3 is 2.48 bits per heavy atom. The molecule has 0 bridgehead atoms. The number of aromatic nitrogens is 3. The van der Waals surface area contributed by atoms with Gasteiger partial charge < -0.3 is 10.1 Å². The maximum absolute atomic E-state index is 10.1. The van der Waals surface area contributed by atoms with Crippen LogP contribution in [0.3, 0.4) is 0 Å². The highest BCUT2D eigenvalue weighted by Gasteiger charge is 2.16. The molecule has 2 aromatic carbocycles. The van der Waals surface area contributed by atoms with Gasteiger partial charge in [0.1, 0.15) is 16.5 Å². The van der Waals surface area contributed by atoms with Crippen LogP contribution in [0, 0.1) is 0 Å². The Balaban J connectivity index is 1.84. The van der Waals surface area contributed by atoms with Gasteiger partial charge in [-0.2, -0.15) is 4.98 Å². The molecule has 5 heteroatoms. The number of aromatic hydroxyl groups is 1. The van der Waals surface area contributed by atoms with E-state index in [1.807, 2.05) is 54.6 Å². The van der Waals surface area contributed by atoms with Crippen LogP contribution in [-0.4, -0.2) is 20.1 Å². The Hall–Kier alpha value is -2.66. The zero-order valence-corrected chi connectivity index (χ0v) is 11.8. The first-order valence-corrected chi connectivity index (χ1v) is 7.33. The molecule has 0 saturated carbocycles. The number of nitrogens with one attached hydrogen (secondary N) is 1. The number of benzene rings is 2. The molecule has 0 amide bonds. The summed E-state index contributed by atoms with van der Waals surface area (Å²) in [5, 5.41) is 10.8. The average molecular weight is 293 g/mol. The molecule has 102 valence electrons. The van der Waals surface area contributed by atoms with Crippen LogP contribution in [0.15, 0.2) is 54.6 Å². The van der Waals surface area contributed by atoms with Crippen LogP contribution in [0.1, 0.15) is 0 Å². The number of fused-ring (bicyclic) bond motifs is 1. The molecule has 0 fully saturated rings. The van der Waals surface area contributed by atoms with Gasteiger partial charge in [-0.05, 0) is 12.1 Å². The number of H-pyrrole nitrogens is 1. The zero-order valence-electron chi connectivity index (χ0n) is 10.9. The summed E-state index contributed by atoms with van der Waals surface area (Å²) in [7, 11) is 0. The highest BCUT2D eigenvalue weighted by molar-refractivity contribution is 7.21. The summed E-state index contributed by atoms with van der Waals surface area (Å²) in [4.78, 5) is 11.9. The second-order valence-electron chi connectivity index (χ2n) is 4.64. The van der Waals surface area contributed by atoms with Crippen LogP contribution in [0.4, 0.5) is 0 Å². The average Bonchev–Trinajstić information content (AvgIpc) is 3.11. The van der Waals surface area contributed by atoms with Crippen molar-refractivity contribution in [1.82, 2.24) is 15.0 Å². The molecule has 0 atom stereocenters. The van der Waals surface area contributed by atoms with Crippen molar-refractivity contribution in [3.63, 3.8) is 0 Å². The molecule has 4 rings (SSSR count). The van der Waals surface area contributed by atoms with Gasteiger partial charge in [-0.3, -0.25) is 0 Å². The Labute approximate surface area is 124 Å². The van der Waals surface area contributed by atoms with Crippen LogP contribution in [0.5, 0.6) is 5.88 Å². The molecule has 0 saturated heterocycles. The van der Waals surface area contributed by atoms with Crippen molar-refractivity contribution in [3.05, 3.63) is 54.6 Å². The molecule has 2 heterocycles. The van der Waals surface area contributed by atoms with E-state index in [4.69, 9.17) is 0 Å². The fourth-order valence-corrected chi connectivity index (χ4v) is 3.19. The highest BCUT2D eigenvalue weighted by Crippen LogP contribution is 2.35. The summed E-state index contributed by atoms with van der Waals surface area (Å²) >= 11 is 1.53. The molecule has 2 N–H and O–H groups in total. The lowest BCUT2D eigenvalue weighted by atomic mass is 10.2. The monoisotopic (exact) mass is 293 g/mol. The molecule has 4 nitrogen and oxygen atoms in total. The van der Waals surface area contributed by atoms with Crippen LogP contribution in [0.25, 0.3) is 32.3 Å². The summed E-state index contributed by atoms with van der Waals surface area (Å²) in [6.07, 6.45) is 0. The van der Waals surface area contributed by atoms with Gasteiger partial charge in [-0.1, -0.05) is 42.5 Å². The topological polar surface area (TPSA) is 61.8 Å². The smallest absolute Gasteiger partial charge is 0.240 e. The second kappa shape index (κ2) is 4.71. The highest BCUT2D eigenvalue weighted by atomic mass is 32.1. The van der Waals surface area contributed by atoms with Gasteiger partial charge in [-0.15, -0.1) is 11.3 Å². The molecule has 0 aliphatic rings. The summed E-state index contributed by atoms with van der Waals surface area (Å²) in [6, 6.07) is 17.6. The number of rotatable bonds is 2. The first-order chi connectivity index (χ1) is 10.3. The van der Waals surface area contributed by atoms with E-state index in [9.17, 15) is 5.11 Å². The van der Waals surface area contributed by atoms with E-state index in [0.717, 1.165) is 20.8 Å². The standard InChI is InChI=1S/C16H11N3OS/c20-15-13(16-17-11-8-4-5-9-12(11)21-16)18-14(19-15)10-6-2-1-3-7-10/h1-9,20H,(H,18,19). The lowest BCUT2D eigenvalue weighted by molar-refractivity contribution is 0.459. The van der Waals surface area contributed by atoms with Crippen molar-refractivity contribution in [1.29, 1.82) is 0 Å². The van der Waals surface area contributed by atoms with Crippen molar-refractivity contribution in [3.8, 4) is 28.0 Å². The van der Waals surface area contributed by atoms with E-state index in [1.165, 1.54) is 11.3 Å². The summed E-state index contributed by atoms with van der Waals surface area (Å²) in [5.74, 6) is 0.621. The third-order valence-electron chi connectivity index (χ3n) is 3.24. The minimum absolute atomic E-state index is 0.0205. The van der Waals surface area contributed by atoms with E-state index in [1.54, 1.807) is 0 Å². The SMILES string of the molecule is Oc1nc(-c2ccccc2)[nH]c1-c1nc2ccccc2s1. The van der Waals surface area contributed by atoms with Crippen LogP contribution in [-0.2, 0) is 0 Å². The number of thiazole rings is 1. The molecule has 21 heavy (non-hydrogen) atoms. The third-order valence-corrected chi connectivity index (χ3v) is 4.29. The molecule has 0 spiro atoms. The van der Waals surface area contributed by atoms with Gasteiger partial charge in [0.2, 0.25) is 5.88 Å². The Morgan fingerprint density at radius 2 is 1.67 bits per heavy atom. The number of imidazole rings is 1. The van der Waals surface area contributed by atoms with Crippen LogP contribution in [0.2, 0.25) is 0 Å². The molecule has 0 aliphatic carbocycles. The van der Waals surface area contributed by atoms with Crippen LogP contribution >= 0.6 is 11.3 Å². The summed E-state index contributed by atoms with van der Waals surface area (Å²) in [5.41, 5.74) is 2.42. The lowest BCUT2D eigenvalue weighted by Gasteiger charge is -1.94. The lowest BCUT2D eigenvalue weighted by Crippen LogP contribution is -1.79. The van der Waals surface area contributed by atoms with Gasteiger partial charge in [0.15, 0.2) is 0 Å². The van der Waals surface area contributed by atoms with Gasteiger partial charge in [0, 0.05) is 5.56 Å². The summed E-state index contributed by atoms with van der Waals surface area (Å²) in [6.45, 7) is 0. The van der Waals surface area contributed by atoms with Gasteiger partial charge in [0.25, 0.3) is 0 Å². The first kappa shape index (κ1) is 12.1. The number of nitrogens with zero attached hydrogens (tertiary/aromatic N) is 2. The minimum Gasteiger partial charge on any atom is -0.492 e. The maximum Gasteiger partial charge on any atom is 0.240 e. The predicted octanol–water partition coefficient (Wildman–Crippen LogP) is 4.06. The van der Waals surface area contributed by atoms with Crippen molar-refractivity contribution >= 4 is 21.6 Å². The Morgan fingerprint density at radius 1 is 0.905 bits per heavy atom. The second-order valence-corrected chi connectivity index (χ2v) is 5.67. The first-order valence-electron chi connectivity index (χ1n) is 6.51.